The molecular formula is C14H18ClNO2. The molecule has 0 aromatic heterocycles. The van der Waals surface area contributed by atoms with Gasteiger partial charge in [0.2, 0.25) is 5.91 Å². The van der Waals surface area contributed by atoms with E-state index in [9.17, 15) is 4.79 Å². The lowest BCUT2D eigenvalue weighted by Gasteiger charge is -2.28. The average molecular weight is 268 g/mol. The van der Waals surface area contributed by atoms with Gasteiger partial charge >= 0.3 is 0 Å². The lowest BCUT2D eigenvalue weighted by atomic mass is 9.97. The number of carbonyl (C=O) groups excluding carboxylic acids is 1. The SMILES string of the molecule is C[C@H](CC(=O)N1CCOCC1)c1ccc(Cl)cc1. The Hall–Kier alpha value is -1.06. The monoisotopic (exact) mass is 267 g/mol. The summed E-state index contributed by atoms with van der Waals surface area (Å²) < 4.78 is 5.24. The third-order valence-corrected chi connectivity index (χ3v) is 3.54. The standard InChI is InChI=1S/C14H18ClNO2/c1-11(12-2-4-13(15)5-3-12)10-14(17)16-6-8-18-9-7-16/h2-5,11H,6-10H2,1H3/t11-/m1/s1. The first-order chi connectivity index (χ1) is 8.66. The van der Waals surface area contributed by atoms with Crippen LogP contribution in [-0.2, 0) is 9.53 Å². The molecule has 1 fully saturated rings. The first kappa shape index (κ1) is 13.4. The van der Waals surface area contributed by atoms with Crippen LogP contribution in [0, 0.1) is 0 Å². The van der Waals surface area contributed by atoms with E-state index in [1.54, 1.807) is 0 Å². The lowest BCUT2D eigenvalue weighted by Crippen LogP contribution is -2.41. The molecule has 4 heteroatoms. The number of benzene rings is 1. The van der Waals surface area contributed by atoms with Crippen molar-refractivity contribution in [2.45, 2.75) is 19.3 Å². The van der Waals surface area contributed by atoms with Gasteiger partial charge in [0, 0.05) is 24.5 Å². The molecule has 1 aliphatic rings. The Morgan fingerprint density at radius 1 is 1.33 bits per heavy atom. The van der Waals surface area contributed by atoms with Gasteiger partial charge in [0.1, 0.15) is 0 Å². The molecule has 1 saturated heterocycles. The highest BCUT2D eigenvalue weighted by atomic mass is 35.5. The molecule has 1 aliphatic heterocycles. The van der Waals surface area contributed by atoms with Crippen LogP contribution in [0.1, 0.15) is 24.8 Å². The molecule has 98 valence electrons. The molecule has 0 aliphatic carbocycles. The maximum Gasteiger partial charge on any atom is 0.223 e. The van der Waals surface area contributed by atoms with Crippen LogP contribution in [0.4, 0.5) is 0 Å². The Morgan fingerprint density at radius 2 is 1.94 bits per heavy atom. The van der Waals surface area contributed by atoms with E-state index in [0.717, 1.165) is 10.6 Å². The maximum atomic E-state index is 12.1. The molecule has 1 amide bonds. The van der Waals surface area contributed by atoms with Gasteiger partial charge in [-0.05, 0) is 23.6 Å². The van der Waals surface area contributed by atoms with Crippen molar-refractivity contribution in [3.63, 3.8) is 0 Å². The van der Waals surface area contributed by atoms with Crippen molar-refractivity contribution in [3.05, 3.63) is 34.9 Å². The van der Waals surface area contributed by atoms with E-state index in [1.165, 1.54) is 0 Å². The quantitative estimate of drug-likeness (QED) is 0.843. The summed E-state index contributed by atoms with van der Waals surface area (Å²) in [6.07, 6.45) is 0.543. The minimum absolute atomic E-state index is 0.209. The van der Waals surface area contributed by atoms with Gasteiger partial charge in [-0.1, -0.05) is 30.7 Å². The number of halogens is 1. The smallest absolute Gasteiger partial charge is 0.223 e. The molecule has 1 aromatic rings. The maximum absolute atomic E-state index is 12.1. The van der Waals surface area contributed by atoms with Gasteiger partial charge in [-0.25, -0.2) is 0 Å². The summed E-state index contributed by atoms with van der Waals surface area (Å²) >= 11 is 5.85. The molecule has 0 saturated carbocycles. The molecule has 0 N–H and O–H groups in total. The third kappa shape index (κ3) is 3.47. The van der Waals surface area contributed by atoms with Crippen LogP contribution in [0.5, 0.6) is 0 Å². The number of carbonyl (C=O) groups is 1. The molecule has 3 nitrogen and oxygen atoms in total. The zero-order valence-electron chi connectivity index (χ0n) is 10.6. The summed E-state index contributed by atoms with van der Waals surface area (Å²) in [5, 5.41) is 0.727. The molecule has 0 bridgehead atoms. The minimum atomic E-state index is 0.209. The Kier molecular flexibility index (Phi) is 4.61. The van der Waals surface area contributed by atoms with Crippen LogP contribution < -0.4 is 0 Å². The van der Waals surface area contributed by atoms with Crippen molar-refractivity contribution < 1.29 is 9.53 Å². The zero-order valence-corrected chi connectivity index (χ0v) is 11.3. The zero-order chi connectivity index (χ0) is 13.0. The van der Waals surface area contributed by atoms with Crippen LogP contribution in [0.15, 0.2) is 24.3 Å². The topological polar surface area (TPSA) is 29.5 Å². The Bertz CT molecular complexity index is 399. The highest BCUT2D eigenvalue weighted by Gasteiger charge is 2.19. The number of nitrogens with zero attached hydrogens (tertiary/aromatic N) is 1. The van der Waals surface area contributed by atoms with Crippen molar-refractivity contribution in [1.29, 1.82) is 0 Å². The number of morpholine rings is 1. The summed E-state index contributed by atoms with van der Waals surface area (Å²) in [6.45, 7) is 4.81. The normalized spacial score (nSPS) is 17.6. The van der Waals surface area contributed by atoms with Crippen molar-refractivity contribution in [1.82, 2.24) is 4.90 Å². The van der Waals surface area contributed by atoms with Crippen molar-refractivity contribution in [2.75, 3.05) is 26.3 Å². The largest absolute Gasteiger partial charge is 0.378 e. The highest BCUT2D eigenvalue weighted by molar-refractivity contribution is 6.30. The number of hydrogen-bond donors (Lipinski definition) is 0. The van der Waals surface area contributed by atoms with Crippen LogP contribution in [0.25, 0.3) is 0 Å². The fourth-order valence-corrected chi connectivity index (χ4v) is 2.24. The average Bonchev–Trinajstić information content (AvgIpc) is 2.40. The van der Waals surface area contributed by atoms with Crippen molar-refractivity contribution >= 4 is 17.5 Å². The summed E-state index contributed by atoms with van der Waals surface area (Å²) in [4.78, 5) is 14.0. The van der Waals surface area contributed by atoms with E-state index >= 15 is 0 Å². The lowest BCUT2D eigenvalue weighted by molar-refractivity contribution is -0.135. The second kappa shape index (κ2) is 6.21. The first-order valence-corrected chi connectivity index (χ1v) is 6.65. The predicted molar refractivity (Wildman–Crippen MR) is 71.9 cm³/mol. The Balaban J connectivity index is 1.91. The highest BCUT2D eigenvalue weighted by Crippen LogP contribution is 2.22. The van der Waals surface area contributed by atoms with Crippen LogP contribution in [0.2, 0.25) is 5.02 Å². The van der Waals surface area contributed by atoms with Gasteiger partial charge in [0.15, 0.2) is 0 Å². The van der Waals surface area contributed by atoms with Crippen LogP contribution in [0.3, 0.4) is 0 Å². The van der Waals surface area contributed by atoms with Gasteiger partial charge in [-0.15, -0.1) is 0 Å². The molecule has 18 heavy (non-hydrogen) atoms. The second-order valence-corrected chi connectivity index (χ2v) is 5.09. The predicted octanol–water partition coefficient (Wildman–Crippen LogP) is 2.69. The van der Waals surface area contributed by atoms with Crippen molar-refractivity contribution in [3.8, 4) is 0 Å². The Labute approximate surface area is 113 Å². The van der Waals surface area contributed by atoms with Gasteiger partial charge in [-0.2, -0.15) is 0 Å². The Morgan fingerprint density at radius 3 is 2.56 bits per heavy atom. The van der Waals surface area contributed by atoms with E-state index in [-0.39, 0.29) is 11.8 Å². The summed E-state index contributed by atoms with van der Waals surface area (Å²) in [5.41, 5.74) is 1.15. The van der Waals surface area contributed by atoms with Crippen molar-refractivity contribution in [2.24, 2.45) is 0 Å². The molecule has 1 aromatic carbocycles. The van der Waals surface area contributed by atoms with E-state index in [1.807, 2.05) is 29.2 Å². The van der Waals surface area contributed by atoms with E-state index in [4.69, 9.17) is 16.3 Å². The van der Waals surface area contributed by atoms with Crippen LogP contribution >= 0.6 is 11.6 Å². The number of rotatable bonds is 3. The molecule has 0 unspecified atom stereocenters. The number of amides is 1. The van der Waals surface area contributed by atoms with E-state index < -0.39 is 0 Å². The minimum Gasteiger partial charge on any atom is -0.378 e. The first-order valence-electron chi connectivity index (χ1n) is 6.28. The van der Waals surface area contributed by atoms with Crippen LogP contribution in [-0.4, -0.2) is 37.1 Å². The molecule has 0 spiro atoms. The van der Waals surface area contributed by atoms with Gasteiger partial charge in [0.25, 0.3) is 0 Å². The number of hydrogen-bond acceptors (Lipinski definition) is 2. The summed E-state index contributed by atoms with van der Waals surface area (Å²) in [5.74, 6) is 0.429. The van der Waals surface area contributed by atoms with Gasteiger partial charge in [0.05, 0.1) is 13.2 Å². The molecular weight excluding hydrogens is 250 g/mol. The second-order valence-electron chi connectivity index (χ2n) is 4.65. The molecule has 0 radical (unpaired) electrons. The van der Waals surface area contributed by atoms with E-state index in [0.29, 0.717) is 32.7 Å². The number of ether oxygens (including phenoxy) is 1. The summed E-state index contributed by atoms with van der Waals surface area (Å²) in [6, 6.07) is 7.71. The summed E-state index contributed by atoms with van der Waals surface area (Å²) in [7, 11) is 0. The third-order valence-electron chi connectivity index (χ3n) is 3.28. The fraction of sp³-hybridized carbons (Fsp3) is 0.500. The van der Waals surface area contributed by atoms with E-state index in [2.05, 4.69) is 6.92 Å². The van der Waals surface area contributed by atoms with Gasteiger partial charge in [-0.3, -0.25) is 4.79 Å². The molecule has 1 heterocycles. The van der Waals surface area contributed by atoms with Gasteiger partial charge < -0.3 is 9.64 Å². The fourth-order valence-electron chi connectivity index (χ4n) is 2.11. The molecule has 2 rings (SSSR count). The molecule has 1 atom stereocenters.